The molecule has 1 N–H and O–H groups in total. The third-order valence-corrected chi connectivity index (χ3v) is 3.67. The number of carbonyl (C=O) groups is 2. The summed E-state index contributed by atoms with van der Waals surface area (Å²) in [5.74, 6) is -0.641. The van der Waals surface area contributed by atoms with Gasteiger partial charge in [-0.1, -0.05) is 24.3 Å². The summed E-state index contributed by atoms with van der Waals surface area (Å²) >= 11 is 0. The summed E-state index contributed by atoms with van der Waals surface area (Å²) in [6.45, 7) is 0. The Morgan fingerprint density at radius 3 is 2.65 bits per heavy atom. The Bertz CT molecular complexity index is 551. The maximum atomic E-state index is 11.2. The summed E-state index contributed by atoms with van der Waals surface area (Å²) in [6.07, 6.45) is 5.19. The van der Waals surface area contributed by atoms with E-state index in [0.29, 0.717) is 19.3 Å². The van der Waals surface area contributed by atoms with Crippen LogP contribution in [-0.2, 0) is 21.4 Å². The van der Waals surface area contributed by atoms with Crippen LogP contribution in [0.5, 0.6) is 0 Å². The van der Waals surface area contributed by atoms with E-state index in [1.54, 1.807) is 12.2 Å². The smallest absolute Gasteiger partial charge is 0.314 e. The molecule has 0 aromatic heterocycles. The van der Waals surface area contributed by atoms with Crippen molar-refractivity contribution in [2.75, 3.05) is 0 Å². The number of benzene rings is 1. The minimum Gasteiger partial charge on any atom is -0.481 e. The molecule has 0 aliphatic heterocycles. The number of hydrogen-bond acceptors (Lipinski definition) is 2. The number of rotatable bonds is 2. The van der Waals surface area contributed by atoms with Gasteiger partial charge in [-0.3, -0.25) is 9.59 Å². The van der Waals surface area contributed by atoms with Crippen LogP contribution in [0.25, 0.3) is 6.08 Å². The maximum Gasteiger partial charge on any atom is 0.314 e. The summed E-state index contributed by atoms with van der Waals surface area (Å²) in [5, 5.41) is 9.23. The molecule has 2 aliphatic carbocycles. The van der Waals surface area contributed by atoms with Gasteiger partial charge in [-0.25, -0.2) is 0 Å². The van der Waals surface area contributed by atoms with Crippen molar-refractivity contribution in [2.45, 2.75) is 24.7 Å². The van der Waals surface area contributed by atoms with E-state index >= 15 is 0 Å². The van der Waals surface area contributed by atoms with Crippen molar-refractivity contribution in [3.8, 4) is 0 Å². The standard InChI is InChI=1S/C14H12O3/c15-12-4-2-9-7-11(3-1-10(9)8-12)14(5-6-14)13(16)17/h1-4,7H,5-6,8H2,(H,16,17). The predicted molar refractivity (Wildman–Crippen MR) is 62.7 cm³/mol. The number of carboxylic acid groups (broad SMARTS) is 1. The molecule has 3 heteroatoms. The summed E-state index contributed by atoms with van der Waals surface area (Å²) < 4.78 is 0. The second kappa shape index (κ2) is 3.29. The Kier molecular flexibility index (Phi) is 1.99. The van der Waals surface area contributed by atoms with Crippen molar-refractivity contribution < 1.29 is 14.7 Å². The molecule has 0 spiro atoms. The van der Waals surface area contributed by atoms with E-state index in [1.165, 1.54) is 0 Å². The zero-order valence-corrected chi connectivity index (χ0v) is 9.27. The SMILES string of the molecule is O=C1C=Cc2cc(C3(C(=O)O)CC3)ccc2C1. The van der Waals surface area contributed by atoms with Gasteiger partial charge in [0.15, 0.2) is 5.78 Å². The first kappa shape index (κ1) is 10.3. The molecule has 0 unspecified atom stereocenters. The van der Waals surface area contributed by atoms with Crippen LogP contribution in [0.4, 0.5) is 0 Å². The molecule has 0 atom stereocenters. The summed E-state index contributed by atoms with van der Waals surface area (Å²) in [7, 11) is 0. The van der Waals surface area contributed by atoms with Gasteiger partial charge >= 0.3 is 5.97 Å². The second-order valence-corrected chi connectivity index (χ2v) is 4.78. The zero-order valence-electron chi connectivity index (χ0n) is 9.27. The lowest BCUT2D eigenvalue weighted by Gasteiger charge is -2.15. The molecule has 3 rings (SSSR count). The first-order valence-electron chi connectivity index (χ1n) is 5.69. The van der Waals surface area contributed by atoms with Crippen LogP contribution in [0.3, 0.4) is 0 Å². The molecular weight excluding hydrogens is 216 g/mol. The molecule has 0 bridgehead atoms. The van der Waals surface area contributed by atoms with Crippen LogP contribution in [0, 0.1) is 0 Å². The van der Waals surface area contributed by atoms with E-state index in [-0.39, 0.29) is 5.78 Å². The third kappa shape index (κ3) is 1.50. The van der Waals surface area contributed by atoms with E-state index < -0.39 is 11.4 Å². The lowest BCUT2D eigenvalue weighted by molar-refractivity contribution is -0.140. The number of hydrogen-bond donors (Lipinski definition) is 1. The predicted octanol–water partition coefficient (Wildman–Crippen LogP) is 1.94. The zero-order chi connectivity index (χ0) is 12.0. The molecule has 3 nitrogen and oxygen atoms in total. The number of aliphatic carboxylic acids is 1. The van der Waals surface area contributed by atoms with Crippen molar-refractivity contribution in [3.63, 3.8) is 0 Å². The average molecular weight is 228 g/mol. The third-order valence-electron chi connectivity index (χ3n) is 3.67. The lowest BCUT2D eigenvalue weighted by atomic mass is 9.89. The average Bonchev–Trinajstić information content (AvgIpc) is 3.09. The van der Waals surface area contributed by atoms with Crippen LogP contribution >= 0.6 is 0 Å². The molecule has 17 heavy (non-hydrogen) atoms. The van der Waals surface area contributed by atoms with Gasteiger partial charge in [0.25, 0.3) is 0 Å². The van der Waals surface area contributed by atoms with Crippen LogP contribution in [0.2, 0.25) is 0 Å². The van der Waals surface area contributed by atoms with Gasteiger partial charge in [0.2, 0.25) is 0 Å². The monoisotopic (exact) mass is 228 g/mol. The number of allylic oxidation sites excluding steroid dienone is 1. The number of fused-ring (bicyclic) bond motifs is 1. The van der Waals surface area contributed by atoms with Crippen LogP contribution < -0.4 is 0 Å². The van der Waals surface area contributed by atoms with Crippen molar-refractivity contribution in [3.05, 3.63) is 41.0 Å². The van der Waals surface area contributed by atoms with Gasteiger partial charge in [0.1, 0.15) is 0 Å². The lowest BCUT2D eigenvalue weighted by Crippen LogP contribution is -2.20. The topological polar surface area (TPSA) is 54.4 Å². The van der Waals surface area contributed by atoms with Gasteiger partial charge in [-0.05, 0) is 35.6 Å². The number of carbonyl (C=O) groups excluding carboxylic acids is 1. The molecule has 1 saturated carbocycles. The van der Waals surface area contributed by atoms with E-state index in [1.807, 2.05) is 18.2 Å². The fourth-order valence-corrected chi connectivity index (χ4v) is 2.39. The largest absolute Gasteiger partial charge is 0.481 e. The number of ketones is 1. The molecule has 86 valence electrons. The van der Waals surface area contributed by atoms with E-state index in [9.17, 15) is 14.7 Å². The Morgan fingerprint density at radius 1 is 1.24 bits per heavy atom. The Morgan fingerprint density at radius 2 is 2.00 bits per heavy atom. The van der Waals surface area contributed by atoms with Crippen LogP contribution in [0.15, 0.2) is 24.3 Å². The van der Waals surface area contributed by atoms with Crippen LogP contribution in [-0.4, -0.2) is 16.9 Å². The van der Waals surface area contributed by atoms with Crippen LogP contribution in [0.1, 0.15) is 29.5 Å². The van der Waals surface area contributed by atoms with Gasteiger partial charge in [-0.2, -0.15) is 0 Å². The highest BCUT2D eigenvalue weighted by Crippen LogP contribution is 2.48. The fraction of sp³-hybridized carbons (Fsp3) is 0.286. The highest BCUT2D eigenvalue weighted by atomic mass is 16.4. The second-order valence-electron chi connectivity index (χ2n) is 4.78. The molecule has 1 fully saturated rings. The van der Waals surface area contributed by atoms with Gasteiger partial charge in [0, 0.05) is 6.42 Å². The van der Waals surface area contributed by atoms with Crippen molar-refractivity contribution in [2.24, 2.45) is 0 Å². The van der Waals surface area contributed by atoms with Gasteiger partial charge in [-0.15, -0.1) is 0 Å². The fourth-order valence-electron chi connectivity index (χ4n) is 2.39. The van der Waals surface area contributed by atoms with E-state index in [4.69, 9.17) is 0 Å². The minimum atomic E-state index is -0.742. The quantitative estimate of drug-likeness (QED) is 0.841. The molecule has 0 amide bonds. The minimum absolute atomic E-state index is 0.101. The normalized spacial score (nSPS) is 19.9. The Hall–Kier alpha value is -1.90. The molecule has 0 heterocycles. The van der Waals surface area contributed by atoms with Crippen molar-refractivity contribution in [1.82, 2.24) is 0 Å². The summed E-state index contributed by atoms with van der Waals surface area (Å²) in [6, 6.07) is 5.65. The number of carboxylic acids is 1. The molecule has 1 aromatic rings. The van der Waals surface area contributed by atoms with E-state index in [2.05, 4.69) is 0 Å². The molecule has 2 aliphatic rings. The highest BCUT2D eigenvalue weighted by molar-refractivity contribution is 5.98. The van der Waals surface area contributed by atoms with Crippen molar-refractivity contribution >= 4 is 17.8 Å². The van der Waals surface area contributed by atoms with Gasteiger partial charge < -0.3 is 5.11 Å². The van der Waals surface area contributed by atoms with Gasteiger partial charge in [0.05, 0.1) is 5.41 Å². The first-order chi connectivity index (χ1) is 8.12. The first-order valence-corrected chi connectivity index (χ1v) is 5.69. The highest BCUT2D eigenvalue weighted by Gasteiger charge is 2.51. The maximum absolute atomic E-state index is 11.2. The Balaban J connectivity index is 2.04. The molecule has 0 saturated heterocycles. The molecule has 1 aromatic carbocycles. The van der Waals surface area contributed by atoms with E-state index in [0.717, 1.165) is 16.7 Å². The molecule has 0 radical (unpaired) electrons. The molecular formula is C14H12O3. The van der Waals surface area contributed by atoms with Crippen molar-refractivity contribution in [1.29, 1.82) is 0 Å². The Labute approximate surface area is 98.8 Å². The summed E-state index contributed by atoms with van der Waals surface area (Å²) in [5.41, 5.74) is 2.17. The summed E-state index contributed by atoms with van der Waals surface area (Å²) in [4.78, 5) is 22.5.